The second-order valence-corrected chi connectivity index (χ2v) is 7.90. The monoisotopic (exact) mass is 400 g/mol. The van der Waals surface area contributed by atoms with Crippen molar-refractivity contribution in [3.05, 3.63) is 52.5 Å². The van der Waals surface area contributed by atoms with Crippen LogP contribution in [-0.4, -0.2) is 25.0 Å². The lowest BCUT2D eigenvalue weighted by Gasteiger charge is -2.31. The first kappa shape index (κ1) is 20.2. The quantitative estimate of drug-likeness (QED) is 0.770. The molecule has 1 aliphatic heterocycles. The predicted octanol–water partition coefficient (Wildman–Crippen LogP) is 4.60. The molecule has 0 saturated carbocycles. The second-order valence-electron chi connectivity index (χ2n) is 7.49. The Hall–Kier alpha value is -2.53. The van der Waals surface area contributed by atoms with Crippen molar-refractivity contribution in [1.82, 2.24) is 0 Å². The molecular formula is C22H25ClN2O3. The smallest absolute Gasteiger partial charge is 0.262 e. The van der Waals surface area contributed by atoms with Gasteiger partial charge in [-0.1, -0.05) is 25.4 Å². The van der Waals surface area contributed by atoms with Gasteiger partial charge in [-0.3, -0.25) is 9.59 Å². The highest BCUT2D eigenvalue weighted by Crippen LogP contribution is 2.31. The Morgan fingerprint density at radius 2 is 2.00 bits per heavy atom. The molecule has 2 amide bonds. The van der Waals surface area contributed by atoms with E-state index in [1.54, 1.807) is 18.2 Å². The van der Waals surface area contributed by atoms with Crippen LogP contribution in [0.5, 0.6) is 5.75 Å². The van der Waals surface area contributed by atoms with Crippen molar-refractivity contribution >= 4 is 34.8 Å². The van der Waals surface area contributed by atoms with E-state index in [-0.39, 0.29) is 18.4 Å². The van der Waals surface area contributed by atoms with Crippen molar-refractivity contribution in [2.75, 3.05) is 23.4 Å². The normalized spacial score (nSPS) is 13.5. The molecule has 0 radical (unpaired) electrons. The standard InChI is InChI=1S/C22H25ClN2O3/c1-14(2)12-25-20-8-5-17(11-16(20)4-9-22(25)27)24-21(26)13-28-18-6-7-19(23)15(3)10-18/h5-8,10-11,14H,4,9,12-13H2,1-3H3,(H,24,26). The lowest BCUT2D eigenvalue weighted by Crippen LogP contribution is -2.37. The molecule has 0 unspecified atom stereocenters. The van der Waals surface area contributed by atoms with Crippen molar-refractivity contribution in [3.63, 3.8) is 0 Å². The molecule has 6 heteroatoms. The fraction of sp³-hybridized carbons (Fsp3) is 0.364. The molecular weight excluding hydrogens is 376 g/mol. The maximum atomic E-state index is 12.3. The molecule has 0 bridgehead atoms. The number of amides is 2. The van der Waals surface area contributed by atoms with Crippen molar-refractivity contribution in [2.45, 2.75) is 33.6 Å². The van der Waals surface area contributed by atoms with E-state index in [4.69, 9.17) is 16.3 Å². The molecule has 0 fully saturated rings. The van der Waals surface area contributed by atoms with Gasteiger partial charge in [-0.05, 0) is 66.8 Å². The predicted molar refractivity (Wildman–Crippen MR) is 112 cm³/mol. The highest BCUT2D eigenvalue weighted by molar-refractivity contribution is 6.31. The first-order chi connectivity index (χ1) is 13.3. The summed E-state index contributed by atoms with van der Waals surface area (Å²) < 4.78 is 5.54. The fourth-order valence-corrected chi connectivity index (χ4v) is 3.37. The minimum absolute atomic E-state index is 0.0872. The Bertz CT molecular complexity index is 895. The van der Waals surface area contributed by atoms with E-state index in [2.05, 4.69) is 19.2 Å². The van der Waals surface area contributed by atoms with Gasteiger partial charge in [0.25, 0.3) is 5.91 Å². The molecule has 0 spiro atoms. The first-order valence-electron chi connectivity index (χ1n) is 9.45. The van der Waals surface area contributed by atoms with Gasteiger partial charge in [0.2, 0.25) is 5.91 Å². The molecule has 1 heterocycles. The van der Waals surface area contributed by atoms with E-state index >= 15 is 0 Å². The zero-order chi connectivity index (χ0) is 20.3. The molecule has 148 valence electrons. The Kier molecular flexibility index (Phi) is 6.25. The Morgan fingerprint density at radius 1 is 1.21 bits per heavy atom. The maximum absolute atomic E-state index is 12.3. The summed E-state index contributed by atoms with van der Waals surface area (Å²) in [5, 5.41) is 3.52. The maximum Gasteiger partial charge on any atom is 0.262 e. The number of carbonyl (C=O) groups excluding carboxylic acids is 2. The number of fused-ring (bicyclic) bond motifs is 1. The minimum atomic E-state index is -0.238. The molecule has 5 nitrogen and oxygen atoms in total. The summed E-state index contributed by atoms with van der Waals surface area (Å²) in [6.45, 7) is 6.69. The summed E-state index contributed by atoms with van der Waals surface area (Å²) >= 11 is 6.00. The number of nitrogens with one attached hydrogen (secondary N) is 1. The van der Waals surface area contributed by atoms with Gasteiger partial charge >= 0.3 is 0 Å². The summed E-state index contributed by atoms with van der Waals surface area (Å²) in [6.07, 6.45) is 1.18. The number of hydrogen-bond donors (Lipinski definition) is 1. The average Bonchev–Trinajstić information content (AvgIpc) is 2.65. The van der Waals surface area contributed by atoms with E-state index in [1.165, 1.54) is 0 Å². The molecule has 0 saturated heterocycles. The van der Waals surface area contributed by atoms with Crippen LogP contribution in [0.3, 0.4) is 0 Å². The molecule has 2 aromatic carbocycles. The molecule has 28 heavy (non-hydrogen) atoms. The molecule has 0 aromatic heterocycles. The molecule has 1 N–H and O–H groups in total. The molecule has 1 aliphatic rings. The topological polar surface area (TPSA) is 58.6 Å². The number of anilines is 2. The van der Waals surface area contributed by atoms with Gasteiger partial charge < -0.3 is 15.0 Å². The van der Waals surface area contributed by atoms with Crippen LogP contribution in [0.1, 0.15) is 31.4 Å². The van der Waals surface area contributed by atoms with Crippen molar-refractivity contribution in [3.8, 4) is 5.75 Å². The van der Waals surface area contributed by atoms with Gasteiger partial charge in [-0.2, -0.15) is 0 Å². The third-order valence-electron chi connectivity index (χ3n) is 4.61. The van der Waals surface area contributed by atoms with Crippen LogP contribution in [0, 0.1) is 12.8 Å². The van der Waals surface area contributed by atoms with E-state index < -0.39 is 0 Å². The third kappa shape index (κ3) is 4.84. The number of rotatable bonds is 6. The highest BCUT2D eigenvalue weighted by Gasteiger charge is 2.24. The summed E-state index contributed by atoms with van der Waals surface area (Å²) in [4.78, 5) is 26.3. The van der Waals surface area contributed by atoms with E-state index in [0.717, 1.165) is 16.8 Å². The van der Waals surface area contributed by atoms with E-state index in [9.17, 15) is 9.59 Å². The van der Waals surface area contributed by atoms with Gasteiger partial charge in [-0.25, -0.2) is 0 Å². The van der Waals surface area contributed by atoms with Gasteiger partial charge in [0.05, 0.1) is 0 Å². The van der Waals surface area contributed by atoms with Gasteiger partial charge in [0, 0.05) is 29.4 Å². The molecule has 0 atom stereocenters. The number of aryl methyl sites for hydroxylation is 2. The lowest BCUT2D eigenvalue weighted by atomic mass is 9.99. The molecule has 2 aromatic rings. The Labute approximate surface area is 170 Å². The van der Waals surface area contributed by atoms with E-state index in [0.29, 0.717) is 41.8 Å². The van der Waals surface area contributed by atoms with Crippen LogP contribution in [0.2, 0.25) is 5.02 Å². The number of benzene rings is 2. The number of hydrogen-bond acceptors (Lipinski definition) is 3. The molecule has 0 aliphatic carbocycles. The van der Waals surface area contributed by atoms with Crippen LogP contribution in [0.25, 0.3) is 0 Å². The second kappa shape index (κ2) is 8.65. The number of nitrogens with zero attached hydrogens (tertiary/aromatic N) is 1. The fourth-order valence-electron chi connectivity index (χ4n) is 3.26. The SMILES string of the molecule is Cc1cc(OCC(=O)Nc2ccc3c(c2)CCC(=O)N3CC(C)C)ccc1Cl. The highest BCUT2D eigenvalue weighted by atomic mass is 35.5. The van der Waals surface area contributed by atoms with Gasteiger partial charge in [-0.15, -0.1) is 0 Å². The summed E-state index contributed by atoms with van der Waals surface area (Å²) in [5.41, 5.74) is 3.62. The van der Waals surface area contributed by atoms with Gasteiger partial charge in [0.1, 0.15) is 5.75 Å². The van der Waals surface area contributed by atoms with Crippen LogP contribution in [0.4, 0.5) is 11.4 Å². The van der Waals surface area contributed by atoms with Crippen molar-refractivity contribution in [1.29, 1.82) is 0 Å². The van der Waals surface area contributed by atoms with Crippen LogP contribution >= 0.6 is 11.6 Å². The lowest BCUT2D eigenvalue weighted by molar-refractivity contribution is -0.119. The zero-order valence-electron chi connectivity index (χ0n) is 16.4. The summed E-state index contributed by atoms with van der Waals surface area (Å²) in [6, 6.07) is 11.0. The third-order valence-corrected chi connectivity index (χ3v) is 5.03. The minimum Gasteiger partial charge on any atom is -0.484 e. The van der Waals surface area contributed by atoms with Crippen molar-refractivity contribution < 1.29 is 14.3 Å². The van der Waals surface area contributed by atoms with Crippen LogP contribution in [0.15, 0.2) is 36.4 Å². The zero-order valence-corrected chi connectivity index (χ0v) is 17.2. The van der Waals surface area contributed by atoms with E-state index in [1.807, 2.05) is 30.0 Å². The first-order valence-corrected chi connectivity index (χ1v) is 9.83. The van der Waals surface area contributed by atoms with Crippen molar-refractivity contribution in [2.24, 2.45) is 5.92 Å². The number of carbonyl (C=O) groups is 2. The summed E-state index contributed by atoms with van der Waals surface area (Å²) in [7, 11) is 0. The summed E-state index contributed by atoms with van der Waals surface area (Å²) in [5.74, 6) is 0.913. The average molecular weight is 401 g/mol. The number of ether oxygens (including phenoxy) is 1. The van der Waals surface area contributed by atoms with Crippen LogP contribution in [-0.2, 0) is 16.0 Å². The van der Waals surface area contributed by atoms with Crippen LogP contribution < -0.4 is 15.0 Å². The largest absolute Gasteiger partial charge is 0.484 e. The Balaban J connectivity index is 1.64. The molecule has 3 rings (SSSR count). The Morgan fingerprint density at radius 3 is 2.71 bits per heavy atom. The number of halogens is 1. The van der Waals surface area contributed by atoms with Gasteiger partial charge in [0.15, 0.2) is 6.61 Å².